The molecule has 0 unspecified atom stereocenters. The number of benzene rings is 1. The highest BCUT2D eigenvalue weighted by Gasteiger charge is 2.18. The van der Waals surface area contributed by atoms with Crippen LogP contribution in [0.2, 0.25) is 0 Å². The van der Waals surface area contributed by atoms with Gasteiger partial charge in [-0.1, -0.05) is 0 Å². The Kier molecular flexibility index (Phi) is 4.08. The molecule has 5 heteroatoms. The van der Waals surface area contributed by atoms with Crippen LogP contribution in [0, 0.1) is 0 Å². The Hall–Kier alpha value is -1.10. The number of halogens is 1. The van der Waals surface area contributed by atoms with Crippen LogP contribution in [0.4, 0.5) is 5.69 Å². The average Bonchev–Trinajstić information content (AvgIpc) is 2.28. The smallest absolute Gasteiger partial charge is 0.204 e. The molecule has 0 aliphatic heterocycles. The summed E-state index contributed by atoms with van der Waals surface area (Å²) in [4.78, 5) is 0. The summed E-state index contributed by atoms with van der Waals surface area (Å²) in [6.07, 6.45) is 0. The van der Waals surface area contributed by atoms with E-state index in [1.165, 1.54) is 0 Å². The van der Waals surface area contributed by atoms with E-state index in [1.54, 1.807) is 21.3 Å². The zero-order chi connectivity index (χ0) is 11.4. The maximum Gasteiger partial charge on any atom is 0.204 e. The lowest BCUT2D eigenvalue weighted by atomic mass is 10.2. The molecule has 1 aromatic carbocycles. The van der Waals surface area contributed by atoms with Gasteiger partial charge in [0, 0.05) is 13.1 Å². The number of ether oxygens (including phenoxy) is 3. The molecule has 0 aliphatic carbocycles. The van der Waals surface area contributed by atoms with Crippen LogP contribution < -0.4 is 19.5 Å². The summed E-state index contributed by atoms with van der Waals surface area (Å²) >= 11 is 3.43. The summed E-state index contributed by atoms with van der Waals surface area (Å²) in [6.45, 7) is 0. The lowest BCUT2D eigenvalue weighted by Gasteiger charge is -2.16. The van der Waals surface area contributed by atoms with Crippen LogP contribution in [-0.2, 0) is 0 Å². The number of hydrogen-bond donors (Lipinski definition) is 1. The van der Waals surface area contributed by atoms with Crippen molar-refractivity contribution in [3.05, 3.63) is 10.5 Å². The van der Waals surface area contributed by atoms with Gasteiger partial charge < -0.3 is 19.5 Å². The Labute approximate surface area is 97.6 Å². The van der Waals surface area contributed by atoms with E-state index in [1.807, 2.05) is 13.1 Å². The van der Waals surface area contributed by atoms with Crippen molar-refractivity contribution in [2.75, 3.05) is 33.7 Å². The highest BCUT2D eigenvalue weighted by atomic mass is 79.9. The average molecular weight is 276 g/mol. The molecule has 0 aliphatic rings. The molecular weight excluding hydrogens is 262 g/mol. The lowest BCUT2D eigenvalue weighted by Crippen LogP contribution is -1.99. The standard InChI is InChI=1S/C10H14BrNO3/c1-12-6-5-7(13-2)9(14-3)10(15-4)8(6)11/h5,12H,1-4H3. The van der Waals surface area contributed by atoms with Gasteiger partial charge in [0.2, 0.25) is 5.75 Å². The molecule has 0 aromatic heterocycles. The van der Waals surface area contributed by atoms with E-state index < -0.39 is 0 Å². The summed E-state index contributed by atoms with van der Waals surface area (Å²) in [7, 11) is 6.57. The molecule has 0 heterocycles. The van der Waals surface area contributed by atoms with E-state index in [9.17, 15) is 0 Å². The zero-order valence-electron chi connectivity index (χ0n) is 9.18. The number of nitrogens with one attached hydrogen (secondary N) is 1. The van der Waals surface area contributed by atoms with Gasteiger partial charge in [-0.05, 0) is 15.9 Å². The molecule has 0 fully saturated rings. The topological polar surface area (TPSA) is 39.7 Å². The van der Waals surface area contributed by atoms with E-state index in [0.717, 1.165) is 10.2 Å². The van der Waals surface area contributed by atoms with Crippen LogP contribution in [0.15, 0.2) is 10.5 Å². The van der Waals surface area contributed by atoms with Gasteiger partial charge in [-0.25, -0.2) is 0 Å². The second kappa shape index (κ2) is 5.11. The second-order valence-corrected chi connectivity index (χ2v) is 3.55. The van der Waals surface area contributed by atoms with Crippen LogP contribution >= 0.6 is 15.9 Å². The molecule has 15 heavy (non-hydrogen) atoms. The van der Waals surface area contributed by atoms with Gasteiger partial charge in [-0.2, -0.15) is 0 Å². The van der Waals surface area contributed by atoms with E-state index >= 15 is 0 Å². The monoisotopic (exact) mass is 275 g/mol. The molecule has 0 saturated heterocycles. The Morgan fingerprint density at radius 3 is 2.07 bits per heavy atom. The zero-order valence-corrected chi connectivity index (χ0v) is 10.8. The third-order valence-electron chi connectivity index (χ3n) is 2.04. The lowest BCUT2D eigenvalue weighted by molar-refractivity contribution is 0.323. The van der Waals surface area contributed by atoms with Crippen molar-refractivity contribution < 1.29 is 14.2 Å². The summed E-state index contributed by atoms with van der Waals surface area (Å²) in [6, 6.07) is 1.84. The largest absolute Gasteiger partial charge is 0.493 e. The molecule has 1 aromatic rings. The molecule has 0 radical (unpaired) electrons. The predicted molar refractivity (Wildman–Crippen MR) is 63.3 cm³/mol. The summed E-state index contributed by atoms with van der Waals surface area (Å²) in [5, 5.41) is 3.03. The van der Waals surface area contributed by atoms with Crippen LogP contribution in [-0.4, -0.2) is 28.4 Å². The van der Waals surface area contributed by atoms with Crippen molar-refractivity contribution in [3.63, 3.8) is 0 Å². The minimum Gasteiger partial charge on any atom is -0.493 e. The van der Waals surface area contributed by atoms with Gasteiger partial charge in [0.05, 0.1) is 31.5 Å². The summed E-state index contributed by atoms with van der Waals surface area (Å²) < 4.78 is 16.5. The molecule has 0 amide bonds. The minimum atomic E-state index is 0.575. The summed E-state index contributed by atoms with van der Waals surface area (Å²) in [5.74, 6) is 1.81. The quantitative estimate of drug-likeness (QED) is 0.917. The van der Waals surface area contributed by atoms with Crippen LogP contribution in [0.25, 0.3) is 0 Å². The second-order valence-electron chi connectivity index (χ2n) is 2.76. The molecular formula is C10H14BrNO3. The van der Waals surface area contributed by atoms with Gasteiger partial charge in [0.25, 0.3) is 0 Å². The normalized spacial score (nSPS) is 9.67. The number of anilines is 1. The van der Waals surface area contributed by atoms with Crippen LogP contribution in [0.5, 0.6) is 17.2 Å². The Balaban J connectivity index is 3.43. The van der Waals surface area contributed by atoms with E-state index in [4.69, 9.17) is 14.2 Å². The molecule has 0 atom stereocenters. The molecule has 1 N–H and O–H groups in total. The third kappa shape index (κ3) is 2.12. The van der Waals surface area contributed by atoms with Gasteiger partial charge in [0.1, 0.15) is 0 Å². The molecule has 0 bridgehead atoms. The Morgan fingerprint density at radius 2 is 1.67 bits per heavy atom. The molecule has 1 rings (SSSR count). The minimum absolute atomic E-state index is 0.575. The van der Waals surface area contributed by atoms with Crippen LogP contribution in [0.3, 0.4) is 0 Å². The van der Waals surface area contributed by atoms with Gasteiger partial charge >= 0.3 is 0 Å². The highest BCUT2D eigenvalue weighted by molar-refractivity contribution is 9.10. The maximum atomic E-state index is 5.26. The molecule has 0 spiro atoms. The van der Waals surface area contributed by atoms with Crippen molar-refractivity contribution in [2.24, 2.45) is 0 Å². The van der Waals surface area contributed by atoms with Crippen molar-refractivity contribution >= 4 is 21.6 Å². The van der Waals surface area contributed by atoms with Crippen molar-refractivity contribution in [2.45, 2.75) is 0 Å². The van der Waals surface area contributed by atoms with Crippen LogP contribution in [0.1, 0.15) is 0 Å². The number of hydrogen-bond acceptors (Lipinski definition) is 4. The van der Waals surface area contributed by atoms with Gasteiger partial charge in [0.15, 0.2) is 11.5 Å². The van der Waals surface area contributed by atoms with Crippen molar-refractivity contribution in [3.8, 4) is 17.2 Å². The first kappa shape index (κ1) is 12.0. The van der Waals surface area contributed by atoms with E-state index in [0.29, 0.717) is 17.2 Å². The first-order chi connectivity index (χ1) is 7.19. The highest BCUT2D eigenvalue weighted by Crippen LogP contribution is 2.46. The number of rotatable bonds is 4. The number of methoxy groups -OCH3 is 3. The SMILES string of the molecule is CNc1cc(OC)c(OC)c(OC)c1Br. The van der Waals surface area contributed by atoms with Gasteiger partial charge in [-0.3, -0.25) is 0 Å². The maximum absolute atomic E-state index is 5.26. The predicted octanol–water partition coefficient (Wildman–Crippen LogP) is 2.52. The first-order valence-electron chi connectivity index (χ1n) is 4.35. The fourth-order valence-corrected chi connectivity index (χ4v) is 1.96. The third-order valence-corrected chi connectivity index (χ3v) is 2.83. The fourth-order valence-electron chi connectivity index (χ4n) is 1.30. The molecule has 0 saturated carbocycles. The Morgan fingerprint density at radius 1 is 1.07 bits per heavy atom. The van der Waals surface area contributed by atoms with E-state index in [-0.39, 0.29) is 0 Å². The van der Waals surface area contributed by atoms with Crippen molar-refractivity contribution in [1.29, 1.82) is 0 Å². The summed E-state index contributed by atoms with van der Waals surface area (Å²) in [5.41, 5.74) is 0.879. The molecule has 84 valence electrons. The van der Waals surface area contributed by atoms with Gasteiger partial charge in [-0.15, -0.1) is 0 Å². The van der Waals surface area contributed by atoms with E-state index in [2.05, 4.69) is 21.2 Å². The first-order valence-corrected chi connectivity index (χ1v) is 5.15. The fraction of sp³-hybridized carbons (Fsp3) is 0.400. The molecule has 4 nitrogen and oxygen atoms in total. The van der Waals surface area contributed by atoms with Crippen molar-refractivity contribution in [1.82, 2.24) is 0 Å². The Bertz CT molecular complexity index is 355.